The third-order valence-corrected chi connectivity index (χ3v) is 14.4. The van der Waals surface area contributed by atoms with Gasteiger partial charge in [0.05, 0.1) is 12.5 Å². The predicted molar refractivity (Wildman–Crippen MR) is 205 cm³/mol. The number of ketones is 2. The number of carbonyl (C=O) groups is 2. The maximum absolute atomic E-state index is 13.9. The van der Waals surface area contributed by atoms with Gasteiger partial charge in [-0.1, -0.05) is 146 Å². The number of hydrogen-bond donors (Lipinski definition) is 0. The highest BCUT2D eigenvalue weighted by molar-refractivity contribution is 7.73. The number of Topliss-reactive ketones (excluding diaryl/α,β-unsaturated/α-hetero) is 2. The highest BCUT2D eigenvalue weighted by atomic mass is 31.1. The second-order valence-electron chi connectivity index (χ2n) is 12.0. The normalized spacial score (nSPS) is 12.5. The van der Waals surface area contributed by atoms with Crippen LogP contribution in [0.5, 0.6) is 0 Å². The minimum atomic E-state index is -1.02. The lowest BCUT2D eigenvalue weighted by molar-refractivity contribution is 0.0948. The van der Waals surface area contributed by atoms with Gasteiger partial charge in [-0.3, -0.25) is 9.59 Å². The van der Waals surface area contributed by atoms with E-state index < -0.39 is 15.8 Å². The first-order chi connectivity index (χ1) is 24.7. The Hall–Kier alpha value is -5.14. The quantitative estimate of drug-likeness (QED) is 0.0843. The average molecular weight is 691 g/mol. The van der Waals surface area contributed by atoms with Crippen molar-refractivity contribution in [3.8, 4) is 0 Å². The molecule has 0 aliphatic carbocycles. The second-order valence-corrected chi connectivity index (χ2v) is 16.8. The third-order valence-electron chi connectivity index (χ3n) is 8.79. The summed E-state index contributed by atoms with van der Waals surface area (Å²) >= 11 is 0. The Kier molecular flexibility index (Phi) is 10.7. The zero-order chi connectivity index (χ0) is 34.1. The molecule has 2 aromatic heterocycles. The fraction of sp³-hybridized carbons (Fsp3) is 0.0909. The van der Waals surface area contributed by atoms with Crippen molar-refractivity contribution >= 4 is 48.6 Å². The molecular weight excluding hydrogens is 654 g/mol. The molecule has 5 aromatic carbocycles. The summed E-state index contributed by atoms with van der Waals surface area (Å²) in [6, 6.07) is 57.6. The van der Waals surface area contributed by atoms with Crippen LogP contribution >= 0.6 is 15.8 Å². The summed E-state index contributed by atoms with van der Waals surface area (Å²) in [7, 11) is -2.04. The van der Waals surface area contributed by atoms with E-state index in [9.17, 15) is 9.59 Å². The molecule has 0 amide bonds. The van der Waals surface area contributed by atoms with Crippen LogP contribution in [0, 0.1) is 0 Å². The number of hydrogen-bond acceptors (Lipinski definition) is 4. The summed E-state index contributed by atoms with van der Waals surface area (Å²) in [4.78, 5) is 27.8. The van der Waals surface area contributed by atoms with Crippen LogP contribution in [0.15, 0.2) is 191 Å². The molecule has 0 radical (unpaired) electrons. The van der Waals surface area contributed by atoms with Crippen LogP contribution in [0.3, 0.4) is 0 Å². The lowest BCUT2D eigenvalue weighted by atomic mass is 9.99. The Morgan fingerprint density at radius 3 is 1.06 bits per heavy atom. The molecular formula is C44H36O4P2. The first-order valence-electron chi connectivity index (χ1n) is 16.7. The van der Waals surface area contributed by atoms with E-state index in [0.717, 1.165) is 11.1 Å². The van der Waals surface area contributed by atoms with E-state index in [4.69, 9.17) is 8.83 Å². The standard InChI is InChI=1S/C44H36O4P2/c45-39(41-26-14-28-47-41)31-43(49(35-18-5-1-6-19-35)36-20-7-2-8-21-36)33-16-13-17-34(30-33)44(32-40(46)42-27-15-29-48-42)50(37-22-9-3-10-23-37)38-24-11-4-12-25-38/h1-30,43-44H,31-32H2/t43-,44-/m1/s1. The van der Waals surface area contributed by atoms with Gasteiger partial charge in [0.2, 0.25) is 0 Å². The molecule has 0 aliphatic rings. The van der Waals surface area contributed by atoms with Crippen LogP contribution in [0.1, 0.15) is 56.4 Å². The Bertz CT molecular complexity index is 1870. The van der Waals surface area contributed by atoms with Crippen LogP contribution in [0.25, 0.3) is 0 Å². The number of furan rings is 2. The van der Waals surface area contributed by atoms with Crippen LogP contribution in [0.2, 0.25) is 0 Å². The van der Waals surface area contributed by atoms with Gasteiger partial charge in [0.25, 0.3) is 0 Å². The smallest absolute Gasteiger partial charge is 0.198 e. The van der Waals surface area contributed by atoms with Gasteiger partial charge in [0, 0.05) is 24.2 Å². The SMILES string of the molecule is O=C(C[C@H](c1cccc([C@@H](CC(=O)c2ccco2)P(c2ccccc2)c2ccccc2)c1)P(c1ccccc1)c1ccccc1)c1ccco1. The maximum Gasteiger partial charge on any atom is 0.198 e. The van der Waals surface area contributed by atoms with E-state index in [1.54, 1.807) is 36.8 Å². The van der Waals surface area contributed by atoms with Crippen LogP contribution in [-0.4, -0.2) is 11.6 Å². The van der Waals surface area contributed by atoms with Gasteiger partial charge >= 0.3 is 0 Å². The van der Waals surface area contributed by atoms with Gasteiger partial charge in [0.15, 0.2) is 23.1 Å². The topological polar surface area (TPSA) is 60.4 Å². The lowest BCUT2D eigenvalue weighted by Crippen LogP contribution is -2.21. The minimum Gasteiger partial charge on any atom is -0.461 e. The van der Waals surface area contributed by atoms with E-state index in [2.05, 4.69) is 121 Å². The number of carbonyl (C=O) groups excluding carboxylic acids is 2. The van der Waals surface area contributed by atoms with Crippen molar-refractivity contribution in [3.05, 3.63) is 205 Å². The molecule has 0 saturated carbocycles. The molecule has 0 unspecified atom stereocenters. The second kappa shape index (κ2) is 16.0. The fourth-order valence-corrected chi connectivity index (χ4v) is 12.1. The minimum absolute atomic E-state index is 0.0369. The molecule has 7 aromatic rings. The summed E-state index contributed by atoms with van der Waals surface area (Å²) in [5, 5.41) is 4.77. The Labute approximate surface area is 295 Å². The summed E-state index contributed by atoms with van der Waals surface area (Å²) in [6.45, 7) is 0. The van der Waals surface area contributed by atoms with Gasteiger partial charge in [-0.15, -0.1) is 0 Å². The van der Waals surface area contributed by atoms with Crippen molar-refractivity contribution in [3.63, 3.8) is 0 Å². The third kappa shape index (κ3) is 7.68. The molecule has 50 heavy (non-hydrogen) atoms. The van der Waals surface area contributed by atoms with E-state index in [0.29, 0.717) is 11.5 Å². The van der Waals surface area contributed by atoms with Crippen molar-refractivity contribution in [2.45, 2.75) is 24.2 Å². The first kappa shape index (κ1) is 33.4. The Morgan fingerprint density at radius 2 is 0.760 bits per heavy atom. The van der Waals surface area contributed by atoms with Crippen molar-refractivity contribution in [2.75, 3.05) is 0 Å². The zero-order valence-electron chi connectivity index (χ0n) is 27.4. The molecule has 6 heteroatoms. The van der Waals surface area contributed by atoms with E-state index >= 15 is 0 Å². The molecule has 246 valence electrons. The lowest BCUT2D eigenvalue weighted by Gasteiger charge is -2.31. The fourth-order valence-electron chi connectivity index (χ4n) is 6.49. The van der Waals surface area contributed by atoms with Gasteiger partial charge in [-0.2, -0.15) is 0 Å². The average Bonchev–Trinajstić information content (AvgIpc) is 3.93. The first-order valence-corrected chi connectivity index (χ1v) is 19.5. The molecule has 2 atom stereocenters. The van der Waals surface area contributed by atoms with Crippen LogP contribution in [0.4, 0.5) is 0 Å². The zero-order valence-corrected chi connectivity index (χ0v) is 29.2. The van der Waals surface area contributed by atoms with E-state index in [1.807, 2.05) is 24.3 Å². The number of rotatable bonds is 14. The summed E-state index contributed by atoms with van der Waals surface area (Å²) < 4.78 is 11.2. The predicted octanol–water partition coefficient (Wildman–Crippen LogP) is 9.77. The van der Waals surface area contributed by atoms with Gasteiger partial charge < -0.3 is 8.83 Å². The summed E-state index contributed by atoms with van der Waals surface area (Å²) in [5.74, 6) is 0.650. The van der Waals surface area contributed by atoms with Crippen LogP contribution in [-0.2, 0) is 0 Å². The molecule has 7 rings (SSSR count). The molecule has 0 aliphatic heterocycles. The van der Waals surface area contributed by atoms with Crippen molar-refractivity contribution in [1.82, 2.24) is 0 Å². The Balaban J connectivity index is 1.39. The number of benzene rings is 5. The van der Waals surface area contributed by atoms with Crippen molar-refractivity contribution < 1.29 is 18.4 Å². The highest BCUT2D eigenvalue weighted by Crippen LogP contribution is 2.55. The van der Waals surface area contributed by atoms with Crippen molar-refractivity contribution in [1.29, 1.82) is 0 Å². The van der Waals surface area contributed by atoms with Gasteiger partial charge in [-0.05, 0) is 72.5 Å². The molecule has 0 N–H and O–H groups in total. The molecule has 0 fully saturated rings. The largest absolute Gasteiger partial charge is 0.461 e. The van der Waals surface area contributed by atoms with Crippen LogP contribution < -0.4 is 21.2 Å². The Morgan fingerprint density at radius 1 is 0.420 bits per heavy atom. The van der Waals surface area contributed by atoms with Crippen molar-refractivity contribution in [2.24, 2.45) is 0 Å². The van der Waals surface area contributed by atoms with Gasteiger partial charge in [-0.25, -0.2) is 0 Å². The van der Waals surface area contributed by atoms with E-state index in [1.165, 1.54) is 21.2 Å². The molecule has 2 heterocycles. The van der Waals surface area contributed by atoms with Gasteiger partial charge in [0.1, 0.15) is 0 Å². The summed E-state index contributed by atoms with van der Waals surface area (Å²) in [5.41, 5.74) is 1.81. The molecule has 4 nitrogen and oxygen atoms in total. The summed E-state index contributed by atoms with van der Waals surface area (Å²) in [6.07, 6.45) is 3.65. The molecule has 0 bridgehead atoms. The van der Waals surface area contributed by atoms with E-state index in [-0.39, 0.29) is 35.7 Å². The molecule has 0 saturated heterocycles. The maximum atomic E-state index is 13.9. The molecule has 0 spiro atoms. The monoisotopic (exact) mass is 690 g/mol. The highest BCUT2D eigenvalue weighted by Gasteiger charge is 2.33.